The Bertz CT molecular complexity index is 1220. The van der Waals surface area contributed by atoms with Crippen LogP contribution in [0.1, 0.15) is 21.5 Å². The number of hydrogen-bond donors (Lipinski definition) is 2. The number of benzene rings is 3. The highest BCUT2D eigenvalue weighted by Crippen LogP contribution is 2.30. The van der Waals surface area contributed by atoms with Gasteiger partial charge in [-0.05, 0) is 48.5 Å². The number of anilines is 1. The Labute approximate surface area is 181 Å². The molecule has 0 spiro atoms. The number of carbonyl (C=O) groups is 1. The van der Waals surface area contributed by atoms with Gasteiger partial charge in [-0.1, -0.05) is 30.3 Å². The van der Waals surface area contributed by atoms with Crippen molar-refractivity contribution in [2.45, 2.75) is 12.7 Å². The van der Waals surface area contributed by atoms with Gasteiger partial charge in [-0.2, -0.15) is 18.3 Å². The fraction of sp³-hybridized carbons (Fsp3) is 0.0833. The van der Waals surface area contributed by atoms with Gasteiger partial charge in [0.15, 0.2) is 0 Å². The van der Waals surface area contributed by atoms with E-state index < -0.39 is 17.7 Å². The SMILES string of the molecule is O=C(O)c1ccc(-n2cc(CNc3ccc(C(F)(F)F)cc3)c(-c3ccccc3)n2)cc1. The first kappa shape index (κ1) is 21.2. The molecule has 0 unspecified atom stereocenters. The van der Waals surface area contributed by atoms with Gasteiger partial charge in [0.25, 0.3) is 0 Å². The Morgan fingerprint density at radius 1 is 0.938 bits per heavy atom. The third-order valence-electron chi connectivity index (χ3n) is 4.91. The highest BCUT2D eigenvalue weighted by Gasteiger charge is 2.29. The zero-order chi connectivity index (χ0) is 22.7. The Kier molecular flexibility index (Phi) is 5.68. The average Bonchev–Trinajstić information content (AvgIpc) is 3.22. The van der Waals surface area contributed by atoms with E-state index in [2.05, 4.69) is 10.4 Å². The normalized spacial score (nSPS) is 11.3. The van der Waals surface area contributed by atoms with Crippen LogP contribution in [-0.2, 0) is 12.7 Å². The molecule has 0 aliphatic heterocycles. The van der Waals surface area contributed by atoms with Crippen LogP contribution in [-0.4, -0.2) is 20.9 Å². The minimum Gasteiger partial charge on any atom is -0.478 e. The van der Waals surface area contributed by atoms with E-state index >= 15 is 0 Å². The number of nitrogens with one attached hydrogen (secondary N) is 1. The van der Waals surface area contributed by atoms with Gasteiger partial charge < -0.3 is 10.4 Å². The Balaban J connectivity index is 1.62. The highest BCUT2D eigenvalue weighted by atomic mass is 19.4. The number of halogens is 3. The number of alkyl halides is 3. The second-order valence-electron chi connectivity index (χ2n) is 7.09. The summed E-state index contributed by atoms with van der Waals surface area (Å²) in [5, 5.41) is 16.9. The van der Waals surface area contributed by atoms with Gasteiger partial charge >= 0.3 is 12.1 Å². The molecule has 4 aromatic rings. The largest absolute Gasteiger partial charge is 0.478 e. The van der Waals surface area contributed by atoms with Crippen molar-refractivity contribution in [3.05, 3.63) is 102 Å². The smallest absolute Gasteiger partial charge is 0.416 e. The summed E-state index contributed by atoms with van der Waals surface area (Å²) in [5.41, 5.74) is 3.14. The topological polar surface area (TPSA) is 67.2 Å². The number of hydrogen-bond acceptors (Lipinski definition) is 3. The van der Waals surface area contributed by atoms with Crippen LogP contribution in [0.25, 0.3) is 16.9 Å². The van der Waals surface area contributed by atoms with Crippen molar-refractivity contribution in [1.82, 2.24) is 9.78 Å². The molecule has 0 aliphatic rings. The first-order chi connectivity index (χ1) is 15.3. The van der Waals surface area contributed by atoms with Crippen LogP contribution in [0.4, 0.5) is 18.9 Å². The van der Waals surface area contributed by atoms with E-state index in [-0.39, 0.29) is 5.56 Å². The predicted molar refractivity (Wildman–Crippen MR) is 115 cm³/mol. The van der Waals surface area contributed by atoms with Crippen LogP contribution in [0.5, 0.6) is 0 Å². The fourth-order valence-electron chi connectivity index (χ4n) is 3.24. The number of aromatic nitrogens is 2. The first-order valence-electron chi connectivity index (χ1n) is 9.70. The summed E-state index contributed by atoms with van der Waals surface area (Å²) in [6.07, 6.45) is -2.56. The highest BCUT2D eigenvalue weighted by molar-refractivity contribution is 5.87. The van der Waals surface area contributed by atoms with Crippen LogP contribution >= 0.6 is 0 Å². The molecule has 2 N–H and O–H groups in total. The predicted octanol–water partition coefficient (Wildman–Crippen LogP) is 5.87. The molecule has 1 aromatic heterocycles. The maximum atomic E-state index is 12.8. The lowest BCUT2D eigenvalue weighted by atomic mass is 10.1. The lowest BCUT2D eigenvalue weighted by molar-refractivity contribution is -0.137. The molecule has 0 bridgehead atoms. The number of carboxylic acids is 1. The van der Waals surface area contributed by atoms with Crippen LogP contribution in [0.3, 0.4) is 0 Å². The zero-order valence-corrected chi connectivity index (χ0v) is 16.7. The first-order valence-corrected chi connectivity index (χ1v) is 9.70. The third kappa shape index (κ3) is 4.64. The molecule has 0 amide bonds. The summed E-state index contributed by atoms with van der Waals surface area (Å²) in [5.74, 6) is -1.01. The average molecular weight is 437 g/mol. The summed E-state index contributed by atoms with van der Waals surface area (Å²) in [7, 11) is 0. The van der Waals surface area contributed by atoms with Gasteiger partial charge in [0.2, 0.25) is 0 Å². The molecule has 5 nitrogen and oxygen atoms in total. The van der Waals surface area contributed by atoms with Crippen molar-refractivity contribution in [1.29, 1.82) is 0 Å². The number of nitrogens with zero attached hydrogens (tertiary/aromatic N) is 2. The molecule has 0 saturated carbocycles. The summed E-state index contributed by atoms with van der Waals surface area (Å²) in [4.78, 5) is 11.1. The molecule has 0 atom stereocenters. The van der Waals surface area contributed by atoms with Crippen LogP contribution in [0, 0.1) is 0 Å². The van der Waals surface area contributed by atoms with Gasteiger partial charge in [0.05, 0.1) is 22.5 Å². The molecule has 8 heteroatoms. The number of aromatic carboxylic acids is 1. The van der Waals surface area contributed by atoms with Crippen LogP contribution in [0.2, 0.25) is 0 Å². The van der Waals surface area contributed by atoms with E-state index in [4.69, 9.17) is 5.11 Å². The Hall–Kier alpha value is -4.07. The molecular weight excluding hydrogens is 419 g/mol. The van der Waals surface area contributed by atoms with Gasteiger partial charge in [0, 0.05) is 29.6 Å². The molecule has 0 radical (unpaired) electrons. The lowest BCUT2D eigenvalue weighted by Crippen LogP contribution is -2.05. The summed E-state index contributed by atoms with van der Waals surface area (Å²) < 4.78 is 40.0. The lowest BCUT2D eigenvalue weighted by Gasteiger charge is -2.09. The minimum absolute atomic E-state index is 0.174. The van der Waals surface area contributed by atoms with E-state index in [0.717, 1.165) is 23.3 Å². The fourth-order valence-corrected chi connectivity index (χ4v) is 3.24. The van der Waals surface area contributed by atoms with Crippen molar-refractivity contribution < 1.29 is 23.1 Å². The molecule has 0 saturated heterocycles. The summed E-state index contributed by atoms with van der Waals surface area (Å²) in [6.45, 7) is 0.336. The van der Waals surface area contributed by atoms with Crippen molar-refractivity contribution in [2.75, 3.05) is 5.32 Å². The maximum Gasteiger partial charge on any atom is 0.416 e. The molecule has 4 rings (SSSR count). The van der Waals surface area contributed by atoms with Gasteiger partial charge in [0.1, 0.15) is 0 Å². The number of carboxylic acid groups (broad SMARTS) is 1. The van der Waals surface area contributed by atoms with Crippen molar-refractivity contribution >= 4 is 11.7 Å². The third-order valence-corrected chi connectivity index (χ3v) is 4.91. The number of rotatable bonds is 6. The molecule has 3 aromatic carbocycles. The van der Waals surface area contributed by atoms with Gasteiger partial charge in [-0.3, -0.25) is 0 Å². The summed E-state index contributed by atoms with van der Waals surface area (Å²) in [6, 6.07) is 20.7. The molecule has 0 aliphatic carbocycles. The molecule has 162 valence electrons. The van der Waals surface area contributed by atoms with E-state index in [0.29, 0.717) is 23.6 Å². The van der Waals surface area contributed by atoms with Crippen LogP contribution < -0.4 is 5.32 Å². The van der Waals surface area contributed by atoms with Crippen molar-refractivity contribution in [2.24, 2.45) is 0 Å². The maximum absolute atomic E-state index is 12.8. The summed E-state index contributed by atoms with van der Waals surface area (Å²) >= 11 is 0. The Morgan fingerprint density at radius 3 is 2.19 bits per heavy atom. The van der Waals surface area contributed by atoms with Crippen molar-refractivity contribution in [3.8, 4) is 16.9 Å². The van der Waals surface area contributed by atoms with Crippen LogP contribution in [0.15, 0.2) is 85.1 Å². The monoisotopic (exact) mass is 437 g/mol. The molecule has 1 heterocycles. The van der Waals surface area contributed by atoms with E-state index in [1.54, 1.807) is 16.8 Å². The standard InChI is InChI=1S/C24H18F3N3O2/c25-24(26,27)19-8-10-20(11-9-19)28-14-18-15-30(21-12-6-17(7-13-21)23(31)32)29-22(18)16-4-2-1-3-5-16/h1-13,15,28H,14H2,(H,31,32). The molecule has 0 fully saturated rings. The Morgan fingerprint density at radius 2 is 1.59 bits per heavy atom. The van der Waals surface area contributed by atoms with E-state index in [9.17, 15) is 18.0 Å². The van der Waals surface area contributed by atoms with E-state index in [1.165, 1.54) is 24.3 Å². The zero-order valence-electron chi connectivity index (χ0n) is 16.7. The second kappa shape index (κ2) is 8.58. The molecular formula is C24H18F3N3O2. The second-order valence-corrected chi connectivity index (χ2v) is 7.09. The van der Waals surface area contributed by atoms with Gasteiger partial charge in [-0.25, -0.2) is 9.48 Å². The minimum atomic E-state index is -4.38. The van der Waals surface area contributed by atoms with E-state index in [1.807, 2.05) is 36.5 Å². The molecule has 32 heavy (non-hydrogen) atoms. The van der Waals surface area contributed by atoms with Crippen molar-refractivity contribution in [3.63, 3.8) is 0 Å². The van der Waals surface area contributed by atoms with Gasteiger partial charge in [-0.15, -0.1) is 0 Å². The quantitative estimate of drug-likeness (QED) is 0.396.